The van der Waals surface area contributed by atoms with Crippen LogP contribution in [0.1, 0.15) is 37.5 Å². The molecule has 0 amide bonds. The maximum atomic E-state index is 5.26. The van der Waals surface area contributed by atoms with Gasteiger partial charge < -0.3 is 14.6 Å². The van der Waals surface area contributed by atoms with Gasteiger partial charge in [-0.1, -0.05) is 12.1 Å². The zero-order valence-corrected chi connectivity index (χ0v) is 9.19. The van der Waals surface area contributed by atoms with Crippen molar-refractivity contribution in [2.24, 2.45) is 0 Å². The van der Waals surface area contributed by atoms with Gasteiger partial charge in [-0.25, -0.2) is 0 Å². The molecule has 1 N–H and O–H groups in total. The fourth-order valence-corrected chi connectivity index (χ4v) is 1.81. The van der Waals surface area contributed by atoms with Crippen LogP contribution in [0.4, 0.5) is 0 Å². The van der Waals surface area contributed by atoms with Gasteiger partial charge in [0.1, 0.15) is 0 Å². The summed E-state index contributed by atoms with van der Waals surface area (Å²) in [5.74, 6) is 1.49. The van der Waals surface area contributed by atoms with E-state index in [1.54, 1.807) is 7.11 Å². The highest BCUT2D eigenvalue weighted by atomic mass is 16.5. The van der Waals surface area contributed by atoms with Crippen molar-refractivity contribution in [1.82, 2.24) is 15.5 Å². The lowest BCUT2D eigenvalue weighted by Crippen LogP contribution is -2.16. The predicted octanol–water partition coefficient (Wildman–Crippen LogP) is 1.07. The van der Waals surface area contributed by atoms with Crippen molar-refractivity contribution in [3.63, 3.8) is 0 Å². The molecule has 1 aromatic heterocycles. The molecule has 0 bridgehead atoms. The van der Waals surface area contributed by atoms with Gasteiger partial charge in [-0.3, -0.25) is 0 Å². The highest BCUT2D eigenvalue weighted by Gasteiger charge is 2.29. The standard InChI is InChI=1S/C10H17N3O2/c1-3-4-9-12-10(15-13-9)8-5-7(14-2)6-11-8/h7-8,11H,3-6H2,1-2H3/t7-,8+/m0/s1. The molecule has 0 radical (unpaired) electrons. The summed E-state index contributed by atoms with van der Waals surface area (Å²) in [7, 11) is 1.73. The molecule has 84 valence electrons. The van der Waals surface area contributed by atoms with Crippen LogP contribution in [0.5, 0.6) is 0 Å². The lowest BCUT2D eigenvalue weighted by atomic mass is 10.2. The Labute approximate surface area is 89.2 Å². The second-order valence-electron chi connectivity index (χ2n) is 3.85. The SMILES string of the molecule is CCCc1noc([C@H]2C[C@H](OC)CN2)n1. The van der Waals surface area contributed by atoms with Crippen LogP contribution < -0.4 is 5.32 Å². The van der Waals surface area contributed by atoms with Crippen LogP contribution in [0, 0.1) is 0 Å². The fraction of sp³-hybridized carbons (Fsp3) is 0.800. The van der Waals surface area contributed by atoms with Crippen molar-refractivity contribution in [2.45, 2.75) is 38.3 Å². The smallest absolute Gasteiger partial charge is 0.243 e. The molecule has 2 atom stereocenters. The summed E-state index contributed by atoms with van der Waals surface area (Å²) in [5.41, 5.74) is 0. The van der Waals surface area contributed by atoms with Gasteiger partial charge in [-0.05, 0) is 12.8 Å². The van der Waals surface area contributed by atoms with Crippen LogP contribution in [-0.4, -0.2) is 29.9 Å². The van der Waals surface area contributed by atoms with Gasteiger partial charge >= 0.3 is 0 Å². The number of methoxy groups -OCH3 is 1. The lowest BCUT2D eigenvalue weighted by molar-refractivity contribution is 0.116. The molecule has 0 saturated carbocycles. The molecule has 5 nitrogen and oxygen atoms in total. The molecule has 0 spiro atoms. The zero-order valence-electron chi connectivity index (χ0n) is 9.19. The first kappa shape index (κ1) is 10.6. The Balaban J connectivity index is 1.97. The Hall–Kier alpha value is -0.940. The highest BCUT2D eigenvalue weighted by molar-refractivity contribution is 4.97. The molecule has 2 heterocycles. The van der Waals surface area contributed by atoms with Crippen molar-refractivity contribution in [3.8, 4) is 0 Å². The highest BCUT2D eigenvalue weighted by Crippen LogP contribution is 2.23. The normalized spacial score (nSPS) is 26.0. The molecule has 1 saturated heterocycles. The van der Waals surface area contributed by atoms with Gasteiger partial charge in [0, 0.05) is 20.1 Å². The van der Waals surface area contributed by atoms with Gasteiger partial charge in [0.05, 0.1) is 12.1 Å². The Bertz CT molecular complexity index is 313. The molecular formula is C10H17N3O2. The van der Waals surface area contributed by atoms with E-state index < -0.39 is 0 Å². The summed E-state index contributed by atoms with van der Waals surface area (Å²) in [6.07, 6.45) is 3.09. The summed E-state index contributed by atoms with van der Waals surface area (Å²) < 4.78 is 10.5. The summed E-state index contributed by atoms with van der Waals surface area (Å²) in [6, 6.07) is 0.160. The predicted molar refractivity (Wildman–Crippen MR) is 54.5 cm³/mol. The number of hydrogen-bond acceptors (Lipinski definition) is 5. The van der Waals surface area contributed by atoms with Gasteiger partial charge in [-0.15, -0.1) is 0 Å². The molecule has 2 rings (SSSR count). The first-order valence-corrected chi connectivity index (χ1v) is 5.42. The second-order valence-corrected chi connectivity index (χ2v) is 3.85. The first-order chi connectivity index (χ1) is 7.33. The average molecular weight is 211 g/mol. The van der Waals surface area contributed by atoms with E-state index in [9.17, 15) is 0 Å². The zero-order chi connectivity index (χ0) is 10.7. The maximum Gasteiger partial charge on any atom is 0.243 e. The minimum atomic E-state index is 0.160. The molecule has 1 aromatic rings. The summed E-state index contributed by atoms with van der Waals surface area (Å²) >= 11 is 0. The molecular weight excluding hydrogens is 194 g/mol. The third-order valence-electron chi connectivity index (χ3n) is 2.68. The van der Waals surface area contributed by atoms with Gasteiger partial charge in [0.2, 0.25) is 5.89 Å². The molecule has 5 heteroatoms. The van der Waals surface area contributed by atoms with Crippen molar-refractivity contribution in [3.05, 3.63) is 11.7 Å². The number of nitrogens with zero attached hydrogens (tertiary/aromatic N) is 2. The Morgan fingerprint density at radius 1 is 1.60 bits per heavy atom. The van der Waals surface area contributed by atoms with Crippen LogP contribution in [0.3, 0.4) is 0 Å². The van der Waals surface area contributed by atoms with Crippen molar-refractivity contribution >= 4 is 0 Å². The minimum Gasteiger partial charge on any atom is -0.380 e. The van der Waals surface area contributed by atoms with Gasteiger partial charge in [-0.2, -0.15) is 4.98 Å². The largest absolute Gasteiger partial charge is 0.380 e. The number of hydrogen-bond donors (Lipinski definition) is 1. The first-order valence-electron chi connectivity index (χ1n) is 5.42. The molecule has 15 heavy (non-hydrogen) atoms. The van der Waals surface area contributed by atoms with E-state index in [1.807, 2.05) is 0 Å². The summed E-state index contributed by atoms with van der Waals surface area (Å²) in [5, 5.41) is 7.24. The average Bonchev–Trinajstić information content (AvgIpc) is 2.85. The van der Waals surface area contributed by atoms with E-state index in [4.69, 9.17) is 9.26 Å². The number of rotatable bonds is 4. The van der Waals surface area contributed by atoms with Crippen LogP contribution in [0.25, 0.3) is 0 Å². The molecule has 1 aliphatic heterocycles. The van der Waals surface area contributed by atoms with E-state index in [0.717, 1.165) is 31.6 Å². The van der Waals surface area contributed by atoms with Crippen molar-refractivity contribution in [2.75, 3.05) is 13.7 Å². The fourth-order valence-electron chi connectivity index (χ4n) is 1.81. The van der Waals surface area contributed by atoms with Gasteiger partial charge in [0.15, 0.2) is 5.82 Å². The van der Waals surface area contributed by atoms with E-state index in [1.165, 1.54) is 0 Å². The number of ether oxygens (including phenoxy) is 1. The Kier molecular flexibility index (Phi) is 3.33. The maximum absolute atomic E-state index is 5.26. The van der Waals surface area contributed by atoms with Crippen molar-refractivity contribution < 1.29 is 9.26 Å². The van der Waals surface area contributed by atoms with Crippen LogP contribution in [0.15, 0.2) is 4.52 Å². The van der Waals surface area contributed by atoms with Crippen LogP contribution >= 0.6 is 0 Å². The number of nitrogens with one attached hydrogen (secondary N) is 1. The number of aromatic nitrogens is 2. The molecule has 1 aliphatic rings. The van der Waals surface area contributed by atoms with Crippen LogP contribution in [-0.2, 0) is 11.2 Å². The second kappa shape index (κ2) is 4.72. The quantitative estimate of drug-likeness (QED) is 0.807. The topological polar surface area (TPSA) is 60.2 Å². The van der Waals surface area contributed by atoms with E-state index >= 15 is 0 Å². The minimum absolute atomic E-state index is 0.160. The van der Waals surface area contributed by atoms with E-state index in [2.05, 4.69) is 22.4 Å². The molecule has 0 aromatic carbocycles. The molecule has 1 fully saturated rings. The van der Waals surface area contributed by atoms with Crippen LogP contribution in [0.2, 0.25) is 0 Å². The Morgan fingerprint density at radius 3 is 3.13 bits per heavy atom. The van der Waals surface area contributed by atoms with Gasteiger partial charge in [0.25, 0.3) is 0 Å². The molecule has 0 aliphatic carbocycles. The lowest BCUT2D eigenvalue weighted by Gasteiger charge is -2.04. The third-order valence-corrected chi connectivity index (χ3v) is 2.68. The molecule has 0 unspecified atom stereocenters. The Morgan fingerprint density at radius 2 is 2.47 bits per heavy atom. The van der Waals surface area contributed by atoms with Crippen molar-refractivity contribution in [1.29, 1.82) is 0 Å². The summed E-state index contributed by atoms with van der Waals surface area (Å²) in [4.78, 5) is 4.35. The number of aryl methyl sites for hydroxylation is 1. The third kappa shape index (κ3) is 2.35. The van der Waals surface area contributed by atoms with E-state index in [-0.39, 0.29) is 12.1 Å². The summed E-state index contributed by atoms with van der Waals surface area (Å²) in [6.45, 7) is 2.96. The monoisotopic (exact) mass is 211 g/mol. The van der Waals surface area contributed by atoms with E-state index in [0.29, 0.717) is 5.89 Å².